The fourth-order valence-corrected chi connectivity index (χ4v) is 7.13. The highest BCUT2D eigenvalue weighted by molar-refractivity contribution is 8.77. The zero-order chi connectivity index (χ0) is 35.3. The van der Waals surface area contributed by atoms with Crippen molar-refractivity contribution in [3.63, 3.8) is 0 Å². The van der Waals surface area contributed by atoms with Gasteiger partial charge in [0.25, 0.3) is 0 Å². The topological polar surface area (TPSA) is 195 Å². The standard InChI is InChI=1S/C27H51BN3O12PS4/c1-27(2,6-13-40-26(33)31-10-15-37-17-16-36-14-8-29)48-47-20-38-11-4-5-12-39-25(32)30-9-7-28-22-18-41-23(19-43-44(34)35)24(22)42-21-46-45-3/h22-24,28,44H,4-6,8,10-21,29H2,1-3H3,(H,30,32)(H,31,33)(H,34,35)/t22-,23-,24?/m1/s1. The number of carbonyl (C=O) groups excluding carboxylic acids is 2. The van der Waals surface area contributed by atoms with Gasteiger partial charge in [-0.2, -0.15) is 0 Å². The number of ether oxygens (including phenoxy) is 7. The Morgan fingerprint density at radius 3 is 2.52 bits per heavy atom. The minimum atomic E-state index is -3.06. The zero-order valence-corrected chi connectivity index (χ0v) is 32.2. The molecule has 1 heterocycles. The molecular formula is C27H51BN3O12PS4. The summed E-state index contributed by atoms with van der Waals surface area (Å²) in [6.45, 7) is 8.21. The van der Waals surface area contributed by atoms with Gasteiger partial charge < -0.3 is 53.6 Å². The number of hydrogen-bond donors (Lipinski definition) is 4. The van der Waals surface area contributed by atoms with Crippen molar-refractivity contribution in [2.75, 3.05) is 90.7 Å². The average Bonchev–Trinajstić information content (AvgIpc) is 3.43. The molecule has 0 aromatic carbocycles. The third-order valence-corrected chi connectivity index (χ3v) is 11.1. The van der Waals surface area contributed by atoms with E-state index in [9.17, 15) is 14.2 Å². The maximum atomic E-state index is 11.9. The number of alkyl carbamates (subject to hydrolysis) is 2. The molecule has 1 fully saturated rings. The highest BCUT2D eigenvalue weighted by atomic mass is 33.1. The molecule has 15 nitrogen and oxygen atoms in total. The summed E-state index contributed by atoms with van der Waals surface area (Å²) in [5.41, 5.74) is 5.33. The van der Waals surface area contributed by atoms with E-state index in [0.717, 1.165) is 6.42 Å². The van der Waals surface area contributed by atoms with Gasteiger partial charge in [-0.05, 0) is 45.2 Å². The zero-order valence-electron chi connectivity index (χ0n) is 27.9. The number of hydrogen-bond acceptors (Lipinski definition) is 16. The molecule has 21 heteroatoms. The van der Waals surface area contributed by atoms with Crippen molar-refractivity contribution < 1.29 is 56.7 Å². The summed E-state index contributed by atoms with van der Waals surface area (Å²) >= 11 is 0. The highest BCUT2D eigenvalue weighted by Crippen LogP contribution is 2.38. The van der Waals surface area contributed by atoms with Gasteiger partial charge in [0.1, 0.15) is 18.0 Å². The third-order valence-electron chi connectivity index (χ3n) is 6.19. The first kappa shape index (κ1) is 45.5. The summed E-state index contributed by atoms with van der Waals surface area (Å²) in [4.78, 5) is 32.7. The number of nitrogens with one attached hydrogen (secondary N) is 2. The van der Waals surface area contributed by atoms with E-state index >= 15 is 0 Å². The Hall–Kier alpha value is -0.525. The first-order valence-corrected chi connectivity index (χ1v) is 21.8. The molecule has 0 aromatic rings. The lowest BCUT2D eigenvalue weighted by molar-refractivity contribution is -0.0135. The van der Waals surface area contributed by atoms with Gasteiger partial charge in [-0.3, -0.25) is 9.88 Å². The summed E-state index contributed by atoms with van der Waals surface area (Å²) in [5, 5.41) is 5.07. The van der Waals surface area contributed by atoms with Gasteiger partial charge in [0.15, 0.2) is 0 Å². The molecule has 278 valence electrons. The predicted molar refractivity (Wildman–Crippen MR) is 195 cm³/mol. The molecule has 5 N–H and O–H groups in total. The van der Waals surface area contributed by atoms with Crippen LogP contribution in [0.1, 0.15) is 33.1 Å². The van der Waals surface area contributed by atoms with Crippen molar-refractivity contribution in [3.8, 4) is 11.9 Å². The number of unbranched alkanes of at least 4 members (excludes halogenated alkanes) is 1. The summed E-state index contributed by atoms with van der Waals surface area (Å²) in [6.07, 6.45) is 2.11. The second kappa shape index (κ2) is 30.1. The lowest BCUT2D eigenvalue weighted by atomic mass is 9.63. The quantitative estimate of drug-likeness (QED) is 0.0172. The highest BCUT2D eigenvalue weighted by Gasteiger charge is 2.38. The van der Waals surface area contributed by atoms with Crippen molar-refractivity contribution in [1.29, 1.82) is 0 Å². The Kier molecular flexibility index (Phi) is 28.6. The normalized spacial score (nSPS) is 18.1. The summed E-state index contributed by atoms with van der Waals surface area (Å²) in [6, 6.07) is 2.61. The van der Waals surface area contributed by atoms with Gasteiger partial charge >= 0.3 is 20.4 Å². The predicted octanol–water partition coefficient (Wildman–Crippen LogP) is 3.03. The van der Waals surface area contributed by atoms with Crippen LogP contribution in [0.4, 0.5) is 9.59 Å². The molecule has 2 amide bonds. The van der Waals surface area contributed by atoms with Crippen molar-refractivity contribution in [2.45, 2.75) is 55.9 Å². The number of rotatable bonds is 28. The van der Waals surface area contributed by atoms with Gasteiger partial charge in [0.2, 0.25) is 7.28 Å². The number of carbonyl (C=O) groups is 2. The fraction of sp³-hybridized carbons (Fsp3) is 0.852. The van der Waals surface area contributed by atoms with Gasteiger partial charge in [0.05, 0.1) is 52.4 Å². The van der Waals surface area contributed by atoms with E-state index < -0.39 is 26.5 Å². The van der Waals surface area contributed by atoms with E-state index in [1.165, 1.54) is 10.8 Å². The average molecular weight is 780 g/mol. The number of amides is 2. The van der Waals surface area contributed by atoms with Crippen LogP contribution in [0.3, 0.4) is 0 Å². The molecule has 4 atom stereocenters. The van der Waals surface area contributed by atoms with Crippen LogP contribution in [-0.2, 0) is 42.2 Å². The van der Waals surface area contributed by atoms with Crippen molar-refractivity contribution in [1.82, 2.24) is 10.6 Å². The Balaban J connectivity index is 2.05. The van der Waals surface area contributed by atoms with E-state index in [0.29, 0.717) is 91.3 Å². The van der Waals surface area contributed by atoms with Crippen LogP contribution in [0, 0.1) is 11.9 Å². The minimum Gasteiger partial charge on any atom is -0.450 e. The van der Waals surface area contributed by atoms with E-state index in [2.05, 4.69) is 36.3 Å². The Bertz CT molecular complexity index is 957. The van der Waals surface area contributed by atoms with E-state index in [4.69, 9.17) is 48.3 Å². The lowest BCUT2D eigenvalue weighted by Crippen LogP contribution is -2.32. The van der Waals surface area contributed by atoms with E-state index in [-0.39, 0.29) is 29.9 Å². The van der Waals surface area contributed by atoms with Crippen LogP contribution in [0.15, 0.2) is 0 Å². The van der Waals surface area contributed by atoms with Crippen LogP contribution in [-0.4, -0.2) is 132 Å². The molecule has 0 radical (unpaired) electrons. The summed E-state index contributed by atoms with van der Waals surface area (Å²) in [7, 11) is 3.70. The molecule has 0 aromatic heterocycles. The van der Waals surface area contributed by atoms with E-state index in [1.807, 2.05) is 6.26 Å². The molecule has 1 aliphatic rings. The molecule has 1 rings (SSSR count). The van der Waals surface area contributed by atoms with Crippen LogP contribution < -0.4 is 16.4 Å². The molecule has 48 heavy (non-hydrogen) atoms. The van der Waals surface area contributed by atoms with E-state index in [1.54, 1.807) is 32.4 Å². The van der Waals surface area contributed by atoms with Crippen LogP contribution in [0.2, 0.25) is 5.82 Å². The molecular weight excluding hydrogens is 728 g/mol. The van der Waals surface area contributed by atoms with Crippen LogP contribution in [0.25, 0.3) is 0 Å². The molecule has 1 saturated heterocycles. The number of nitrogens with two attached hydrogens (primary N) is 1. The molecule has 0 saturated carbocycles. The van der Waals surface area contributed by atoms with Crippen LogP contribution in [0.5, 0.6) is 0 Å². The summed E-state index contributed by atoms with van der Waals surface area (Å²) in [5.74, 6) is 3.77. The van der Waals surface area contributed by atoms with Gasteiger partial charge in [-0.25, -0.2) is 9.59 Å². The van der Waals surface area contributed by atoms with Gasteiger partial charge in [-0.15, -0.1) is 5.82 Å². The second-order valence-corrected chi connectivity index (χ2v) is 16.8. The largest absolute Gasteiger partial charge is 0.450 e. The monoisotopic (exact) mass is 779 g/mol. The van der Waals surface area contributed by atoms with Crippen molar-refractivity contribution in [2.24, 2.45) is 5.73 Å². The van der Waals surface area contributed by atoms with Gasteiger partial charge in [-0.1, -0.05) is 43.2 Å². The molecule has 0 bridgehead atoms. The van der Waals surface area contributed by atoms with Crippen LogP contribution >= 0.6 is 51.4 Å². The SMILES string of the molecule is CSSCOC1[C@H](BC#CNC(=O)OCCCCOCSSC(C)(C)CCOC(=O)NCCOCCOCCN)CO[C@@H]1CO[PH](=O)O. The second-order valence-electron chi connectivity index (χ2n) is 10.5. The van der Waals surface area contributed by atoms with Crippen molar-refractivity contribution in [3.05, 3.63) is 0 Å². The third kappa shape index (κ3) is 25.4. The summed E-state index contributed by atoms with van der Waals surface area (Å²) < 4.78 is 53.8. The maximum absolute atomic E-state index is 11.9. The lowest BCUT2D eigenvalue weighted by Gasteiger charge is -2.22. The Morgan fingerprint density at radius 1 is 1.02 bits per heavy atom. The molecule has 0 aliphatic carbocycles. The first-order valence-electron chi connectivity index (χ1n) is 15.5. The Labute approximate surface area is 301 Å². The minimum absolute atomic E-state index is 0.0384. The van der Waals surface area contributed by atoms with Crippen molar-refractivity contribution >= 4 is 70.9 Å². The molecule has 1 aliphatic heterocycles. The fourth-order valence-electron chi connectivity index (χ4n) is 3.78. The molecule has 2 unspecified atom stereocenters. The smallest absolute Gasteiger partial charge is 0.418 e. The Morgan fingerprint density at radius 2 is 1.77 bits per heavy atom. The maximum Gasteiger partial charge on any atom is 0.418 e. The first-order chi connectivity index (χ1) is 23.2. The van der Waals surface area contributed by atoms with Gasteiger partial charge in [0, 0.05) is 37.1 Å². The molecule has 0 spiro atoms.